The second kappa shape index (κ2) is 2.85. The van der Waals surface area contributed by atoms with Gasteiger partial charge in [-0.25, -0.2) is 0 Å². The predicted octanol–water partition coefficient (Wildman–Crippen LogP) is 3.77. The predicted molar refractivity (Wildman–Crippen MR) is 63.9 cm³/mol. The summed E-state index contributed by atoms with van der Waals surface area (Å²) in [6.45, 7) is 4.43. The molecule has 2 aliphatic carbocycles. The molecule has 0 saturated heterocycles. The van der Waals surface area contributed by atoms with Crippen LogP contribution in [0.2, 0.25) is 0 Å². The molecule has 3 rings (SSSR count). The average molecular weight is 196 g/mol. The van der Waals surface area contributed by atoms with E-state index < -0.39 is 0 Å². The third-order valence-electron chi connectivity index (χ3n) is 3.86. The molecule has 1 saturated carbocycles. The van der Waals surface area contributed by atoms with Gasteiger partial charge in [-0.05, 0) is 31.7 Å². The minimum absolute atomic E-state index is 0.352. The standard InChI is InChI=1S/C15H16/c1-11-5-3-7-13(9-11)15-8-4-6-12(2)14(15)10-15/h3-9,14H,10H2,1-2H3. The van der Waals surface area contributed by atoms with E-state index in [9.17, 15) is 0 Å². The van der Waals surface area contributed by atoms with E-state index in [-0.39, 0.29) is 0 Å². The first-order valence-electron chi connectivity index (χ1n) is 5.65. The van der Waals surface area contributed by atoms with E-state index in [1.54, 1.807) is 5.57 Å². The lowest BCUT2D eigenvalue weighted by Crippen LogP contribution is -2.09. The van der Waals surface area contributed by atoms with Crippen LogP contribution < -0.4 is 0 Å². The number of hydrogen-bond acceptors (Lipinski definition) is 0. The lowest BCUT2D eigenvalue weighted by Gasteiger charge is -2.17. The van der Waals surface area contributed by atoms with Crippen molar-refractivity contribution in [1.82, 2.24) is 0 Å². The van der Waals surface area contributed by atoms with Gasteiger partial charge in [-0.2, -0.15) is 0 Å². The smallest absolute Gasteiger partial charge is 0.0207 e. The van der Waals surface area contributed by atoms with Gasteiger partial charge in [0.05, 0.1) is 0 Å². The Kier molecular flexibility index (Phi) is 1.70. The maximum atomic E-state index is 2.39. The Morgan fingerprint density at radius 1 is 1.27 bits per heavy atom. The molecule has 15 heavy (non-hydrogen) atoms. The second-order valence-electron chi connectivity index (χ2n) is 4.94. The monoisotopic (exact) mass is 196 g/mol. The van der Waals surface area contributed by atoms with Crippen LogP contribution in [0.3, 0.4) is 0 Å². The quantitative estimate of drug-likeness (QED) is 0.641. The van der Waals surface area contributed by atoms with Crippen LogP contribution >= 0.6 is 0 Å². The molecule has 1 fully saturated rings. The molecule has 0 aliphatic heterocycles. The Morgan fingerprint density at radius 3 is 2.93 bits per heavy atom. The van der Waals surface area contributed by atoms with Crippen molar-refractivity contribution in [3.05, 3.63) is 59.2 Å². The molecule has 2 aliphatic rings. The zero-order valence-corrected chi connectivity index (χ0v) is 9.33. The van der Waals surface area contributed by atoms with E-state index in [0.29, 0.717) is 5.41 Å². The fourth-order valence-electron chi connectivity index (χ4n) is 2.87. The summed E-state index contributed by atoms with van der Waals surface area (Å²) in [4.78, 5) is 0. The van der Waals surface area contributed by atoms with Gasteiger partial charge in [-0.1, -0.05) is 53.6 Å². The van der Waals surface area contributed by atoms with Gasteiger partial charge < -0.3 is 0 Å². The highest BCUT2D eigenvalue weighted by atomic mass is 14.6. The summed E-state index contributed by atoms with van der Waals surface area (Å²) in [6.07, 6.45) is 8.17. The van der Waals surface area contributed by atoms with Crippen LogP contribution in [0.5, 0.6) is 0 Å². The first-order valence-corrected chi connectivity index (χ1v) is 5.65. The number of benzene rings is 1. The summed E-state index contributed by atoms with van der Waals surface area (Å²) in [5.41, 5.74) is 4.76. The Balaban J connectivity index is 2.04. The van der Waals surface area contributed by atoms with Gasteiger partial charge >= 0.3 is 0 Å². The Hall–Kier alpha value is -1.30. The van der Waals surface area contributed by atoms with Crippen LogP contribution in [0.25, 0.3) is 0 Å². The molecule has 0 spiro atoms. The van der Waals surface area contributed by atoms with Crippen LogP contribution in [0.4, 0.5) is 0 Å². The molecule has 1 aromatic rings. The molecule has 0 aromatic heterocycles. The van der Waals surface area contributed by atoms with Crippen LogP contribution in [-0.2, 0) is 5.41 Å². The largest absolute Gasteiger partial charge is 0.0733 e. The molecule has 76 valence electrons. The van der Waals surface area contributed by atoms with E-state index in [0.717, 1.165) is 5.92 Å². The second-order valence-corrected chi connectivity index (χ2v) is 4.94. The first kappa shape index (κ1) is 8.96. The molecular formula is C15H16. The fraction of sp³-hybridized carbons (Fsp3) is 0.333. The number of allylic oxidation sites excluding steroid dienone is 4. The molecule has 0 radical (unpaired) electrons. The van der Waals surface area contributed by atoms with Gasteiger partial charge in [0.25, 0.3) is 0 Å². The lowest BCUT2D eigenvalue weighted by molar-refractivity contribution is 0.784. The van der Waals surface area contributed by atoms with Crippen molar-refractivity contribution in [1.29, 1.82) is 0 Å². The van der Waals surface area contributed by atoms with E-state index >= 15 is 0 Å². The SMILES string of the molecule is CC1=CC=CC2(c3cccc(C)c3)CC12. The van der Waals surface area contributed by atoms with Gasteiger partial charge in [-0.15, -0.1) is 0 Å². The van der Waals surface area contributed by atoms with Crippen molar-refractivity contribution in [3.8, 4) is 0 Å². The molecule has 0 bridgehead atoms. The van der Waals surface area contributed by atoms with E-state index in [1.165, 1.54) is 17.5 Å². The lowest BCUT2D eigenvalue weighted by atomic mass is 9.87. The zero-order valence-electron chi connectivity index (χ0n) is 9.33. The molecule has 0 heterocycles. The molecule has 1 aromatic carbocycles. The summed E-state index contributed by atoms with van der Waals surface area (Å²) in [5.74, 6) is 0.768. The highest BCUT2D eigenvalue weighted by molar-refractivity contribution is 5.49. The van der Waals surface area contributed by atoms with Crippen molar-refractivity contribution in [2.75, 3.05) is 0 Å². The summed E-state index contributed by atoms with van der Waals surface area (Å²) in [5, 5.41) is 0. The molecule has 0 nitrogen and oxygen atoms in total. The zero-order chi connectivity index (χ0) is 10.5. The van der Waals surface area contributed by atoms with Crippen LogP contribution in [-0.4, -0.2) is 0 Å². The van der Waals surface area contributed by atoms with Crippen LogP contribution in [0.1, 0.15) is 24.5 Å². The Morgan fingerprint density at radius 2 is 2.13 bits per heavy atom. The maximum Gasteiger partial charge on any atom is 0.0207 e. The van der Waals surface area contributed by atoms with Gasteiger partial charge in [0, 0.05) is 5.41 Å². The third-order valence-corrected chi connectivity index (χ3v) is 3.86. The van der Waals surface area contributed by atoms with Crippen molar-refractivity contribution in [3.63, 3.8) is 0 Å². The fourth-order valence-corrected chi connectivity index (χ4v) is 2.87. The number of hydrogen-bond donors (Lipinski definition) is 0. The van der Waals surface area contributed by atoms with Crippen LogP contribution in [0.15, 0.2) is 48.1 Å². The van der Waals surface area contributed by atoms with Gasteiger partial charge in [0.2, 0.25) is 0 Å². The van der Waals surface area contributed by atoms with E-state index in [1.807, 2.05) is 0 Å². The Labute approximate surface area is 91.3 Å². The van der Waals surface area contributed by atoms with Crippen LogP contribution in [0, 0.1) is 12.8 Å². The summed E-state index contributed by atoms with van der Waals surface area (Å²) >= 11 is 0. The molecular weight excluding hydrogens is 180 g/mol. The number of rotatable bonds is 1. The molecule has 2 atom stereocenters. The van der Waals surface area contributed by atoms with E-state index in [2.05, 4.69) is 56.3 Å². The Bertz CT molecular complexity index is 465. The maximum absolute atomic E-state index is 2.39. The highest BCUT2D eigenvalue weighted by Crippen LogP contribution is 2.60. The van der Waals surface area contributed by atoms with E-state index in [4.69, 9.17) is 0 Å². The number of aryl methyl sites for hydroxylation is 1. The molecule has 2 unspecified atom stereocenters. The van der Waals surface area contributed by atoms with Crippen molar-refractivity contribution >= 4 is 0 Å². The molecule has 0 amide bonds. The summed E-state index contributed by atoms with van der Waals surface area (Å²) in [7, 11) is 0. The average Bonchev–Trinajstić information content (AvgIpc) is 2.95. The van der Waals surface area contributed by atoms with Gasteiger partial charge in [-0.3, -0.25) is 0 Å². The number of fused-ring (bicyclic) bond motifs is 1. The van der Waals surface area contributed by atoms with Crippen molar-refractivity contribution in [2.24, 2.45) is 5.92 Å². The topological polar surface area (TPSA) is 0 Å². The molecule has 0 heteroatoms. The van der Waals surface area contributed by atoms with Gasteiger partial charge in [0.15, 0.2) is 0 Å². The minimum Gasteiger partial charge on any atom is -0.0733 e. The van der Waals surface area contributed by atoms with Crippen molar-refractivity contribution < 1.29 is 0 Å². The molecule has 0 N–H and O–H groups in total. The van der Waals surface area contributed by atoms with Gasteiger partial charge in [0.1, 0.15) is 0 Å². The normalized spacial score (nSPS) is 32.1. The summed E-state index contributed by atoms with van der Waals surface area (Å²) in [6, 6.07) is 8.96. The highest BCUT2D eigenvalue weighted by Gasteiger charge is 2.54. The van der Waals surface area contributed by atoms with Crippen molar-refractivity contribution in [2.45, 2.75) is 25.7 Å². The minimum atomic E-state index is 0.352. The third kappa shape index (κ3) is 1.21. The first-order chi connectivity index (χ1) is 7.22. The summed E-state index contributed by atoms with van der Waals surface area (Å²) < 4.78 is 0.